The molecule has 0 aliphatic heterocycles. The zero-order valence-electron chi connectivity index (χ0n) is 25.6. The molecule has 0 saturated heterocycles. The lowest BCUT2D eigenvalue weighted by Crippen LogP contribution is -2.56. The summed E-state index contributed by atoms with van der Waals surface area (Å²) >= 11 is 0. The Bertz CT molecular complexity index is 882. The number of alkyl carbamates (subject to hydrolysis) is 1. The lowest BCUT2D eigenvalue weighted by molar-refractivity contribution is -0.144. The van der Waals surface area contributed by atoms with Crippen LogP contribution < -0.4 is 10.6 Å². The molecule has 2 atom stereocenters. The number of hydrogen-bond acceptors (Lipinski definition) is 4. The van der Waals surface area contributed by atoms with Crippen LogP contribution in [0.2, 0.25) is 0 Å². The summed E-state index contributed by atoms with van der Waals surface area (Å²) in [6, 6.07) is 6.25. The molecule has 0 spiro atoms. The second-order valence-electron chi connectivity index (χ2n) is 12.6. The number of aryl methyl sites for hydroxylation is 1. The second-order valence-corrected chi connectivity index (χ2v) is 12.6. The van der Waals surface area contributed by atoms with E-state index in [0.717, 1.165) is 49.7 Å². The molecule has 7 nitrogen and oxygen atoms in total. The number of hydrogen-bond donors (Lipinski definition) is 2. The van der Waals surface area contributed by atoms with E-state index in [0.29, 0.717) is 6.54 Å². The number of carbonyl (C=O) groups is 3. The van der Waals surface area contributed by atoms with Crippen LogP contribution in [-0.4, -0.2) is 46.5 Å². The Hall–Kier alpha value is -2.57. The molecule has 0 fully saturated rings. The summed E-state index contributed by atoms with van der Waals surface area (Å²) in [6.45, 7) is 19.6. The van der Waals surface area contributed by atoms with Crippen LogP contribution in [0.25, 0.3) is 0 Å². The Balaban J connectivity index is 3.49. The van der Waals surface area contributed by atoms with E-state index in [1.165, 1.54) is 0 Å². The first kappa shape index (κ1) is 33.5. The summed E-state index contributed by atoms with van der Waals surface area (Å²) in [5.41, 5.74) is 0.753. The molecule has 1 aromatic carbocycles. The van der Waals surface area contributed by atoms with Gasteiger partial charge in [0.05, 0.1) is 0 Å². The van der Waals surface area contributed by atoms with Crippen LogP contribution in [0.4, 0.5) is 4.79 Å². The highest BCUT2D eigenvalue weighted by Gasteiger charge is 2.38. The SMILES string of the molecule is CCCCCCCN(C(=O)C(NC(=O)OC(C)(C)C)C(C)C)C(C(=O)NC(C)(C)C)c1ccc(CC)cc1. The first-order chi connectivity index (χ1) is 17.6. The summed E-state index contributed by atoms with van der Waals surface area (Å²) in [5.74, 6) is -0.718. The van der Waals surface area contributed by atoms with Gasteiger partial charge in [-0.05, 0) is 71.4 Å². The van der Waals surface area contributed by atoms with Crippen molar-refractivity contribution in [1.82, 2.24) is 15.5 Å². The lowest BCUT2D eigenvalue weighted by atomic mass is 9.96. The van der Waals surface area contributed by atoms with Gasteiger partial charge in [-0.15, -0.1) is 0 Å². The van der Waals surface area contributed by atoms with Crippen LogP contribution in [0.5, 0.6) is 0 Å². The van der Waals surface area contributed by atoms with Gasteiger partial charge < -0.3 is 20.3 Å². The third-order valence-electron chi connectivity index (χ3n) is 6.15. The van der Waals surface area contributed by atoms with Crippen molar-refractivity contribution in [3.63, 3.8) is 0 Å². The molecule has 0 saturated carbocycles. The average Bonchev–Trinajstić information content (AvgIpc) is 2.79. The molecule has 216 valence electrons. The van der Waals surface area contributed by atoms with Crippen molar-refractivity contribution in [2.24, 2.45) is 5.92 Å². The van der Waals surface area contributed by atoms with Crippen molar-refractivity contribution >= 4 is 17.9 Å². The summed E-state index contributed by atoms with van der Waals surface area (Å²) in [5, 5.41) is 5.88. The maximum Gasteiger partial charge on any atom is 0.408 e. The molecular weight excluding hydrogens is 478 g/mol. The first-order valence-electron chi connectivity index (χ1n) is 14.3. The molecule has 1 aromatic rings. The quantitative estimate of drug-likeness (QED) is 0.282. The number of ether oxygens (including phenoxy) is 1. The third kappa shape index (κ3) is 11.9. The number of amides is 3. The summed E-state index contributed by atoms with van der Waals surface area (Å²) in [6.07, 6.45) is 5.31. The van der Waals surface area contributed by atoms with Gasteiger partial charge in [-0.2, -0.15) is 0 Å². The smallest absolute Gasteiger partial charge is 0.408 e. The van der Waals surface area contributed by atoms with Gasteiger partial charge in [-0.1, -0.05) is 77.6 Å². The molecule has 38 heavy (non-hydrogen) atoms. The minimum absolute atomic E-state index is 0.202. The topological polar surface area (TPSA) is 87.7 Å². The number of carbonyl (C=O) groups excluding carboxylic acids is 3. The molecule has 1 rings (SSSR count). The Morgan fingerprint density at radius 3 is 1.95 bits per heavy atom. The fourth-order valence-electron chi connectivity index (χ4n) is 4.23. The molecule has 2 unspecified atom stereocenters. The monoisotopic (exact) mass is 531 g/mol. The molecule has 0 aliphatic carbocycles. The highest BCUT2D eigenvalue weighted by atomic mass is 16.6. The van der Waals surface area contributed by atoms with Crippen molar-refractivity contribution in [2.45, 2.75) is 131 Å². The van der Waals surface area contributed by atoms with E-state index >= 15 is 0 Å². The Labute approximate surface area is 231 Å². The van der Waals surface area contributed by atoms with E-state index < -0.39 is 29.3 Å². The van der Waals surface area contributed by atoms with Crippen LogP contribution in [0.3, 0.4) is 0 Å². The highest BCUT2D eigenvalue weighted by molar-refractivity contribution is 5.92. The number of benzene rings is 1. The van der Waals surface area contributed by atoms with E-state index in [4.69, 9.17) is 4.74 Å². The van der Waals surface area contributed by atoms with Crippen LogP contribution in [0, 0.1) is 5.92 Å². The summed E-state index contributed by atoms with van der Waals surface area (Å²) in [7, 11) is 0. The van der Waals surface area contributed by atoms with Gasteiger partial charge in [0.1, 0.15) is 17.7 Å². The standard InChI is InChI=1S/C31H53N3O4/c1-11-13-14-15-16-21-34(28(36)25(22(3)4)32-29(37)38-31(8,9)10)26(27(35)33-30(5,6)7)24-19-17-23(12-2)18-20-24/h17-20,22,25-26H,11-16,21H2,1-10H3,(H,32,37)(H,33,35). The minimum atomic E-state index is -0.833. The number of nitrogens with one attached hydrogen (secondary N) is 2. The molecule has 3 amide bonds. The molecule has 2 N–H and O–H groups in total. The van der Waals surface area contributed by atoms with E-state index in [-0.39, 0.29) is 17.7 Å². The zero-order valence-corrected chi connectivity index (χ0v) is 25.6. The van der Waals surface area contributed by atoms with Gasteiger partial charge in [0.15, 0.2) is 0 Å². The fraction of sp³-hybridized carbons (Fsp3) is 0.710. The van der Waals surface area contributed by atoms with Crippen molar-refractivity contribution in [3.05, 3.63) is 35.4 Å². The van der Waals surface area contributed by atoms with Gasteiger partial charge in [0.25, 0.3) is 0 Å². The largest absolute Gasteiger partial charge is 0.444 e. The van der Waals surface area contributed by atoms with Gasteiger partial charge in [-0.3, -0.25) is 9.59 Å². The summed E-state index contributed by atoms with van der Waals surface area (Å²) < 4.78 is 5.46. The van der Waals surface area contributed by atoms with Gasteiger partial charge >= 0.3 is 6.09 Å². The van der Waals surface area contributed by atoms with E-state index in [2.05, 4.69) is 24.5 Å². The van der Waals surface area contributed by atoms with Crippen molar-refractivity contribution in [3.8, 4) is 0 Å². The predicted octanol–water partition coefficient (Wildman–Crippen LogP) is 6.55. The Kier molecular flexibility index (Phi) is 13.3. The van der Waals surface area contributed by atoms with Crippen molar-refractivity contribution in [1.29, 1.82) is 0 Å². The highest BCUT2D eigenvalue weighted by Crippen LogP contribution is 2.26. The molecule has 0 aromatic heterocycles. The first-order valence-corrected chi connectivity index (χ1v) is 14.3. The number of nitrogens with zero attached hydrogens (tertiary/aromatic N) is 1. The Morgan fingerprint density at radius 2 is 1.47 bits per heavy atom. The van der Waals surface area contributed by atoms with E-state index in [9.17, 15) is 14.4 Å². The van der Waals surface area contributed by atoms with Gasteiger partial charge in [-0.25, -0.2) is 4.79 Å². The van der Waals surface area contributed by atoms with Gasteiger partial charge in [0.2, 0.25) is 11.8 Å². The molecule has 0 heterocycles. The molecule has 0 bridgehead atoms. The fourth-order valence-corrected chi connectivity index (χ4v) is 4.23. The normalized spacial score (nSPS) is 13.6. The Morgan fingerprint density at radius 1 is 0.895 bits per heavy atom. The minimum Gasteiger partial charge on any atom is -0.444 e. The molecule has 7 heteroatoms. The second kappa shape index (κ2) is 15.1. The van der Waals surface area contributed by atoms with Gasteiger partial charge in [0, 0.05) is 12.1 Å². The zero-order chi connectivity index (χ0) is 29.1. The number of unbranched alkanes of at least 4 members (excludes halogenated alkanes) is 4. The number of rotatable bonds is 13. The average molecular weight is 532 g/mol. The predicted molar refractivity (Wildman–Crippen MR) is 155 cm³/mol. The van der Waals surface area contributed by atoms with Crippen LogP contribution in [-0.2, 0) is 20.7 Å². The van der Waals surface area contributed by atoms with Crippen LogP contribution >= 0.6 is 0 Å². The maximum atomic E-state index is 14.2. The molecule has 0 radical (unpaired) electrons. The third-order valence-corrected chi connectivity index (χ3v) is 6.15. The van der Waals surface area contributed by atoms with Crippen molar-refractivity contribution < 1.29 is 19.1 Å². The maximum absolute atomic E-state index is 14.2. The van der Waals surface area contributed by atoms with E-state index in [1.807, 2.05) is 58.9 Å². The van der Waals surface area contributed by atoms with E-state index in [1.54, 1.807) is 25.7 Å². The van der Waals surface area contributed by atoms with Crippen LogP contribution in [0.15, 0.2) is 24.3 Å². The van der Waals surface area contributed by atoms with Crippen LogP contribution in [0.1, 0.15) is 119 Å². The summed E-state index contributed by atoms with van der Waals surface area (Å²) in [4.78, 5) is 42.3. The lowest BCUT2D eigenvalue weighted by Gasteiger charge is -2.37. The molecule has 0 aliphatic rings. The van der Waals surface area contributed by atoms with Crippen molar-refractivity contribution in [2.75, 3.05) is 6.54 Å². The molecular formula is C31H53N3O4.